The van der Waals surface area contributed by atoms with Crippen LogP contribution in [-0.4, -0.2) is 16.1 Å². The van der Waals surface area contributed by atoms with Gasteiger partial charge in [0.25, 0.3) is 0 Å². The summed E-state index contributed by atoms with van der Waals surface area (Å²) in [6.45, 7) is 9.99. The number of para-hydroxylation sites is 2. The van der Waals surface area contributed by atoms with E-state index in [1.54, 1.807) is 0 Å². The molecule has 0 N–H and O–H groups in total. The lowest BCUT2D eigenvalue weighted by Crippen LogP contribution is -2.49. The van der Waals surface area contributed by atoms with Gasteiger partial charge < -0.3 is 9.80 Å². The summed E-state index contributed by atoms with van der Waals surface area (Å²) in [6.07, 6.45) is 0. The van der Waals surface area contributed by atoms with E-state index in [2.05, 4.69) is 291 Å². The first kappa shape index (κ1) is 44.5. The fraction of sp³-hybridized carbons (Fsp3) is 0.0685. The van der Waals surface area contributed by atoms with Crippen LogP contribution >= 0.6 is 0 Å². The van der Waals surface area contributed by atoms with E-state index in [1.165, 1.54) is 120 Å². The Labute approximate surface area is 452 Å². The Hall–Kier alpha value is -8.81. The van der Waals surface area contributed by atoms with Gasteiger partial charge in [-0.2, -0.15) is 0 Å². The molecule has 0 fully saturated rings. The average molecular weight is 1020 g/mol. The number of fused-ring (bicyclic) bond motifs is 20. The summed E-state index contributed by atoms with van der Waals surface area (Å²) in [5, 5.41) is 11.1. The van der Waals surface area contributed by atoms with Gasteiger partial charge in [0.15, 0.2) is 0 Å². The molecule has 0 bridgehead atoms. The van der Waals surface area contributed by atoms with Crippen LogP contribution in [0.15, 0.2) is 255 Å². The average Bonchev–Trinajstić information content (AvgIpc) is 3.63. The van der Waals surface area contributed by atoms with Gasteiger partial charge in [-0.05, 0) is 182 Å². The molecule has 1 spiro atoms. The van der Waals surface area contributed by atoms with Gasteiger partial charge in [-0.15, -0.1) is 0 Å². The van der Waals surface area contributed by atoms with Crippen LogP contribution in [-0.2, 0) is 5.41 Å². The Morgan fingerprint density at radius 1 is 0.260 bits per heavy atom. The maximum atomic E-state index is 2.50. The highest BCUT2D eigenvalue weighted by Crippen LogP contribution is 2.65. The lowest BCUT2D eigenvalue weighted by Gasteiger charge is -2.33. The molecule has 4 aliphatic rings. The van der Waals surface area contributed by atoms with E-state index < -0.39 is 21.6 Å². The molecule has 77 heavy (non-hydrogen) atoms. The van der Waals surface area contributed by atoms with E-state index in [9.17, 15) is 0 Å². The van der Waals surface area contributed by atoms with Crippen molar-refractivity contribution >= 4 is 92.6 Å². The van der Waals surface area contributed by atoms with Gasteiger partial charge in [-0.25, -0.2) is 0 Å². The molecule has 0 radical (unpaired) electrons. The number of nitrogens with zero attached hydrogens (tertiary/aromatic N) is 2. The summed E-state index contributed by atoms with van der Waals surface area (Å²) in [7, 11) is -3.66. The van der Waals surface area contributed by atoms with Crippen molar-refractivity contribution in [2.75, 3.05) is 9.80 Å². The molecule has 16 rings (SSSR count). The minimum atomic E-state index is -1.83. The number of anilines is 6. The monoisotopic (exact) mass is 1010 g/mol. The van der Waals surface area contributed by atoms with Crippen molar-refractivity contribution in [2.45, 2.75) is 31.6 Å². The third-order valence-electron chi connectivity index (χ3n) is 18.2. The van der Waals surface area contributed by atoms with E-state index in [-0.39, 0.29) is 0 Å². The van der Waals surface area contributed by atoms with Crippen LogP contribution in [0.3, 0.4) is 0 Å². The Balaban J connectivity index is 0.893. The van der Waals surface area contributed by atoms with E-state index >= 15 is 0 Å². The van der Waals surface area contributed by atoms with Crippen LogP contribution in [0.1, 0.15) is 22.3 Å². The maximum absolute atomic E-state index is 2.50. The van der Waals surface area contributed by atoms with E-state index in [0.29, 0.717) is 0 Å². The molecule has 12 aromatic carbocycles. The highest BCUT2D eigenvalue weighted by molar-refractivity contribution is 7.04. The zero-order chi connectivity index (χ0) is 51.4. The first-order valence-corrected chi connectivity index (χ1v) is 33.2. The summed E-state index contributed by atoms with van der Waals surface area (Å²) < 4.78 is 0. The molecule has 2 aliphatic carbocycles. The number of hydrogen-bond acceptors (Lipinski definition) is 2. The SMILES string of the molecule is C[Si]1(C)c2ccccc2-c2cc(N(c3ccccc3)c3ccc4c5c(ccc4c3)-c3ccc4cc(N(c6ccccc6)c6ccc7c(c6)-c6ccccc6[Si]7(C)C)ccc4c3C53c4ccccc4-c4ccccc43)ccc21. The first-order chi connectivity index (χ1) is 37.7. The summed E-state index contributed by atoms with van der Waals surface area (Å²) >= 11 is 0. The fourth-order valence-corrected chi connectivity index (χ4v) is 21.0. The lowest BCUT2D eigenvalue weighted by molar-refractivity contribution is 0.809. The quantitative estimate of drug-likeness (QED) is 0.153. The minimum Gasteiger partial charge on any atom is -0.310 e. The predicted molar refractivity (Wildman–Crippen MR) is 331 cm³/mol. The van der Waals surface area contributed by atoms with Crippen molar-refractivity contribution in [3.63, 3.8) is 0 Å². The van der Waals surface area contributed by atoms with E-state index in [1.807, 2.05) is 0 Å². The molecule has 0 atom stereocenters. The second-order valence-electron chi connectivity index (χ2n) is 22.8. The fourth-order valence-electron chi connectivity index (χ4n) is 14.8. The van der Waals surface area contributed by atoms with Crippen molar-refractivity contribution < 1.29 is 0 Å². The summed E-state index contributed by atoms with van der Waals surface area (Å²) in [5.74, 6) is 0. The molecule has 0 saturated heterocycles. The number of rotatable bonds is 6. The van der Waals surface area contributed by atoms with Gasteiger partial charge in [0, 0.05) is 34.1 Å². The van der Waals surface area contributed by atoms with Crippen molar-refractivity contribution in [3.8, 4) is 44.5 Å². The Kier molecular flexibility index (Phi) is 9.31. The van der Waals surface area contributed by atoms with Crippen LogP contribution < -0.4 is 30.5 Å². The Morgan fingerprint density at radius 3 is 1.05 bits per heavy atom. The van der Waals surface area contributed by atoms with Crippen molar-refractivity contribution in [3.05, 3.63) is 277 Å². The van der Waals surface area contributed by atoms with Crippen LogP contribution in [0.25, 0.3) is 66.1 Å². The highest BCUT2D eigenvalue weighted by Gasteiger charge is 2.53. The first-order valence-electron chi connectivity index (χ1n) is 27.2. The number of benzene rings is 12. The molecule has 0 amide bonds. The molecule has 0 unspecified atom stereocenters. The summed E-state index contributed by atoms with van der Waals surface area (Å²) in [6, 6.07) is 97.1. The third kappa shape index (κ3) is 6.05. The topological polar surface area (TPSA) is 6.48 Å². The second-order valence-corrected chi connectivity index (χ2v) is 31.4. The number of hydrogen-bond donors (Lipinski definition) is 0. The third-order valence-corrected chi connectivity index (χ3v) is 25.3. The van der Waals surface area contributed by atoms with Gasteiger partial charge in [0.2, 0.25) is 0 Å². The zero-order valence-corrected chi connectivity index (χ0v) is 45.6. The second kappa shape index (κ2) is 16.1. The molecule has 0 saturated carbocycles. The van der Waals surface area contributed by atoms with Gasteiger partial charge >= 0.3 is 0 Å². The van der Waals surface area contributed by atoms with Crippen molar-refractivity contribution in [2.24, 2.45) is 0 Å². The van der Waals surface area contributed by atoms with Gasteiger partial charge in [0.1, 0.15) is 16.1 Å². The molecule has 2 aliphatic heterocycles. The molecular formula is C73H54N2Si2. The Morgan fingerprint density at radius 2 is 0.610 bits per heavy atom. The Bertz CT molecular complexity index is 4190. The summed E-state index contributed by atoms with van der Waals surface area (Å²) in [4.78, 5) is 4.92. The maximum Gasteiger partial charge on any atom is 0.113 e. The normalized spacial score (nSPS) is 14.8. The van der Waals surface area contributed by atoms with Gasteiger partial charge in [-0.1, -0.05) is 208 Å². The van der Waals surface area contributed by atoms with Crippen LogP contribution in [0, 0.1) is 0 Å². The van der Waals surface area contributed by atoms with Crippen molar-refractivity contribution in [1.29, 1.82) is 0 Å². The largest absolute Gasteiger partial charge is 0.310 e. The van der Waals surface area contributed by atoms with Crippen LogP contribution in [0.2, 0.25) is 26.2 Å². The predicted octanol–water partition coefficient (Wildman–Crippen LogP) is 16.9. The molecule has 2 heterocycles. The van der Waals surface area contributed by atoms with E-state index in [4.69, 9.17) is 0 Å². The molecular weight excluding hydrogens is 961 g/mol. The molecule has 12 aromatic rings. The minimum absolute atomic E-state index is 0.563. The van der Waals surface area contributed by atoms with Gasteiger partial charge in [0.05, 0.1) is 5.41 Å². The lowest BCUT2D eigenvalue weighted by atomic mass is 9.68. The molecule has 2 nitrogen and oxygen atoms in total. The summed E-state index contributed by atoms with van der Waals surface area (Å²) in [5.41, 5.74) is 22.5. The zero-order valence-electron chi connectivity index (χ0n) is 43.6. The van der Waals surface area contributed by atoms with Gasteiger partial charge in [-0.3, -0.25) is 0 Å². The molecule has 364 valence electrons. The smallest absolute Gasteiger partial charge is 0.113 e. The highest BCUT2D eigenvalue weighted by atomic mass is 28.3. The molecule has 0 aromatic heterocycles. The van der Waals surface area contributed by atoms with E-state index in [0.717, 1.165) is 22.7 Å². The van der Waals surface area contributed by atoms with Crippen LogP contribution in [0.5, 0.6) is 0 Å². The molecule has 4 heteroatoms. The standard InChI is InChI=1S/C73H54N2Si2/c1-76(2)67-29-17-13-25-59(67)63-45-53(35-41-69(63)76)74(49-19-7-5-8-20-49)51-33-39-55-47(43-51)31-37-61-62-38-32-48-44-52(34-40-56(48)72(62)73(71(55)61)65-27-15-11-23-57(65)58-24-12-16-28-66(58)73)75(50-21-9-6-10-22-50)54-36-42-70-64(46-54)60-26-14-18-30-68(60)77(70,3)4/h5-46H,1-4H3. The van der Waals surface area contributed by atoms with Crippen LogP contribution in [0.4, 0.5) is 34.1 Å². The van der Waals surface area contributed by atoms with Crippen molar-refractivity contribution in [1.82, 2.24) is 0 Å².